The summed E-state index contributed by atoms with van der Waals surface area (Å²) in [4.78, 5) is 14.3. The van der Waals surface area contributed by atoms with Gasteiger partial charge in [-0.05, 0) is 42.7 Å². The zero-order chi connectivity index (χ0) is 14.3. The lowest BCUT2D eigenvalue weighted by Crippen LogP contribution is -2.36. The lowest BCUT2D eigenvalue weighted by atomic mass is 9.99. The Kier molecular flexibility index (Phi) is 3.26. The van der Waals surface area contributed by atoms with Crippen LogP contribution in [0.3, 0.4) is 0 Å². The maximum absolute atomic E-state index is 12.5. The first-order chi connectivity index (χ1) is 9.54. The molecule has 0 fully saturated rings. The zero-order valence-electron chi connectivity index (χ0n) is 11.6. The molecule has 1 aromatic heterocycles. The number of amides is 1. The van der Waals surface area contributed by atoms with Crippen molar-refractivity contribution in [3.63, 3.8) is 0 Å². The molecule has 1 aliphatic rings. The van der Waals surface area contributed by atoms with Gasteiger partial charge in [0, 0.05) is 30.9 Å². The smallest absolute Gasteiger partial charge is 0.274 e. The average molecular weight is 290 g/mol. The van der Waals surface area contributed by atoms with E-state index in [4.69, 9.17) is 11.6 Å². The van der Waals surface area contributed by atoms with Gasteiger partial charge in [-0.1, -0.05) is 17.7 Å². The van der Waals surface area contributed by atoms with Gasteiger partial charge in [-0.25, -0.2) is 0 Å². The van der Waals surface area contributed by atoms with Crippen molar-refractivity contribution in [2.45, 2.75) is 19.9 Å². The summed E-state index contributed by atoms with van der Waals surface area (Å²) in [7, 11) is 1.85. The first kappa shape index (κ1) is 13.2. The minimum atomic E-state index is -0.00528. The Balaban J connectivity index is 1.83. The molecule has 0 unspecified atom stereocenters. The third-order valence-electron chi connectivity index (χ3n) is 3.80. The summed E-state index contributed by atoms with van der Waals surface area (Å²) in [5.74, 6) is -0.00528. The molecule has 1 amide bonds. The molecule has 1 aromatic carbocycles. The molecule has 0 atom stereocenters. The van der Waals surface area contributed by atoms with Gasteiger partial charge in [0.25, 0.3) is 5.91 Å². The molecule has 0 radical (unpaired) electrons. The molecule has 0 saturated carbocycles. The molecule has 20 heavy (non-hydrogen) atoms. The van der Waals surface area contributed by atoms with Gasteiger partial charge in [0.15, 0.2) is 5.69 Å². The molecule has 0 bridgehead atoms. The lowest BCUT2D eigenvalue weighted by Gasteiger charge is -2.28. The van der Waals surface area contributed by atoms with Crippen LogP contribution >= 0.6 is 11.6 Å². The minimum absolute atomic E-state index is 0.00528. The summed E-state index contributed by atoms with van der Waals surface area (Å²) in [6.45, 7) is 3.28. The van der Waals surface area contributed by atoms with E-state index in [-0.39, 0.29) is 5.91 Å². The standard InChI is InChI=1S/C15H16ClN3O/c1-10-7-14(17-18(10)2)15(20)19-6-5-11-8-13(16)4-3-12(11)9-19/h3-4,7-8H,5-6,9H2,1-2H3. The predicted octanol–water partition coefficient (Wildman–Crippen LogP) is 2.58. The molecule has 5 heteroatoms. The summed E-state index contributed by atoms with van der Waals surface area (Å²) >= 11 is 6.00. The Bertz CT molecular complexity index is 658. The quantitative estimate of drug-likeness (QED) is 0.809. The molecular formula is C15H16ClN3O. The minimum Gasteiger partial charge on any atom is -0.333 e. The monoisotopic (exact) mass is 289 g/mol. The van der Waals surface area contributed by atoms with Crippen molar-refractivity contribution in [2.24, 2.45) is 7.05 Å². The number of benzene rings is 1. The van der Waals surface area contributed by atoms with E-state index < -0.39 is 0 Å². The molecule has 4 nitrogen and oxygen atoms in total. The number of hydrogen-bond acceptors (Lipinski definition) is 2. The molecule has 104 valence electrons. The fraction of sp³-hybridized carbons (Fsp3) is 0.333. The van der Waals surface area contributed by atoms with E-state index in [2.05, 4.69) is 5.10 Å². The van der Waals surface area contributed by atoms with Crippen molar-refractivity contribution >= 4 is 17.5 Å². The number of hydrogen-bond donors (Lipinski definition) is 0. The Morgan fingerprint density at radius 2 is 2.10 bits per heavy atom. The number of aryl methyl sites for hydroxylation is 2. The van der Waals surface area contributed by atoms with Crippen LogP contribution in [0, 0.1) is 6.92 Å². The zero-order valence-corrected chi connectivity index (χ0v) is 12.3. The second-order valence-electron chi connectivity index (χ2n) is 5.18. The molecular weight excluding hydrogens is 274 g/mol. The van der Waals surface area contributed by atoms with E-state index in [1.165, 1.54) is 11.1 Å². The van der Waals surface area contributed by atoms with Gasteiger partial charge in [0.2, 0.25) is 0 Å². The number of fused-ring (bicyclic) bond motifs is 1. The van der Waals surface area contributed by atoms with Crippen molar-refractivity contribution in [3.05, 3.63) is 51.8 Å². The Hall–Kier alpha value is -1.81. The predicted molar refractivity (Wildman–Crippen MR) is 77.8 cm³/mol. The number of carbonyl (C=O) groups is 1. The maximum atomic E-state index is 12.5. The first-order valence-corrected chi connectivity index (χ1v) is 6.99. The Morgan fingerprint density at radius 3 is 2.80 bits per heavy atom. The molecule has 0 N–H and O–H groups in total. The van der Waals surface area contributed by atoms with Gasteiger partial charge in [-0.15, -0.1) is 0 Å². The lowest BCUT2D eigenvalue weighted by molar-refractivity contribution is 0.0728. The molecule has 3 rings (SSSR count). The summed E-state index contributed by atoms with van der Waals surface area (Å²) in [5.41, 5.74) is 3.90. The maximum Gasteiger partial charge on any atom is 0.274 e. The summed E-state index contributed by atoms with van der Waals surface area (Å²) in [6, 6.07) is 7.70. The molecule has 1 aliphatic heterocycles. The van der Waals surface area contributed by atoms with Crippen LogP contribution in [-0.2, 0) is 20.0 Å². The second-order valence-corrected chi connectivity index (χ2v) is 5.62. The van der Waals surface area contributed by atoms with Crippen LogP contribution in [0.1, 0.15) is 27.3 Å². The summed E-state index contributed by atoms with van der Waals surface area (Å²) in [6.07, 6.45) is 0.841. The van der Waals surface area contributed by atoms with Crippen LogP contribution in [0.5, 0.6) is 0 Å². The highest BCUT2D eigenvalue weighted by atomic mass is 35.5. The van der Waals surface area contributed by atoms with E-state index >= 15 is 0 Å². The normalized spacial score (nSPS) is 14.2. The molecule has 2 heterocycles. The van der Waals surface area contributed by atoms with E-state index in [0.717, 1.165) is 17.1 Å². The number of nitrogens with zero attached hydrogens (tertiary/aromatic N) is 3. The van der Waals surface area contributed by atoms with Crippen molar-refractivity contribution in [2.75, 3.05) is 6.54 Å². The van der Waals surface area contributed by atoms with Crippen molar-refractivity contribution in [1.29, 1.82) is 0 Å². The first-order valence-electron chi connectivity index (χ1n) is 6.62. The van der Waals surface area contributed by atoms with Crippen molar-refractivity contribution in [3.8, 4) is 0 Å². The van der Waals surface area contributed by atoms with Gasteiger partial charge < -0.3 is 4.90 Å². The van der Waals surface area contributed by atoms with Crippen LogP contribution in [0.4, 0.5) is 0 Å². The van der Waals surface area contributed by atoms with Crippen LogP contribution in [0.25, 0.3) is 0 Å². The van der Waals surface area contributed by atoms with Gasteiger partial charge in [0.05, 0.1) is 0 Å². The molecule has 0 saturated heterocycles. The van der Waals surface area contributed by atoms with Crippen LogP contribution in [0.15, 0.2) is 24.3 Å². The van der Waals surface area contributed by atoms with Crippen LogP contribution < -0.4 is 0 Å². The largest absolute Gasteiger partial charge is 0.333 e. The van der Waals surface area contributed by atoms with Gasteiger partial charge in [0.1, 0.15) is 0 Å². The van der Waals surface area contributed by atoms with E-state index in [9.17, 15) is 4.79 Å². The Labute approximate surface area is 123 Å². The molecule has 0 aliphatic carbocycles. The fourth-order valence-electron chi connectivity index (χ4n) is 2.52. The SMILES string of the molecule is Cc1cc(C(=O)N2CCc3cc(Cl)ccc3C2)nn1C. The molecule has 0 spiro atoms. The van der Waals surface area contributed by atoms with Crippen molar-refractivity contribution in [1.82, 2.24) is 14.7 Å². The number of halogens is 1. The van der Waals surface area contributed by atoms with Gasteiger partial charge in [-0.2, -0.15) is 5.10 Å². The van der Waals surface area contributed by atoms with Crippen LogP contribution in [0.2, 0.25) is 5.02 Å². The summed E-state index contributed by atoms with van der Waals surface area (Å²) in [5, 5.41) is 5.01. The Morgan fingerprint density at radius 1 is 1.30 bits per heavy atom. The highest BCUT2D eigenvalue weighted by Crippen LogP contribution is 2.23. The van der Waals surface area contributed by atoms with E-state index in [0.29, 0.717) is 18.8 Å². The third kappa shape index (κ3) is 2.31. The number of rotatable bonds is 1. The van der Waals surface area contributed by atoms with Gasteiger partial charge >= 0.3 is 0 Å². The highest BCUT2D eigenvalue weighted by Gasteiger charge is 2.23. The summed E-state index contributed by atoms with van der Waals surface area (Å²) < 4.78 is 1.73. The highest BCUT2D eigenvalue weighted by molar-refractivity contribution is 6.30. The number of carbonyl (C=O) groups excluding carboxylic acids is 1. The second kappa shape index (κ2) is 4.94. The molecule has 2 aromatic rings. The van der Waals surface area contributed by atoms with E-state index in [1.54, 1.807) is 4.68 Å². The van der Waals surface area contributed by atoms with E-state index in [1.807, 2.05) is 43.1 Å². The topological polar surface area (TPSA) is 38.1 Å². The van der Waals surface area contributed by atoms with Crippen molar-refractivity contribution < 1.29 is 4.79 Å². The van der Waals surface area contributed by atoms with Gasteiger partial charge in [-0.3, -0.25) is 9.48 Å². The number of aromatic nitrogens is 2. The fourth-order valence-corrected chi connectivity index (χ4v) is 2.72. The van der Waals surface area contributed by atoms with Crippen LogP contribution in [-0.4, -0.2) is 27.1 Å². The third-order valence-corrected chi connectivity index (χ3v) is 4.04. The average Bonchev–Trinajstić information content (AvgIpc) is 2.77.